The van der Waals surface area contributed by atoms with Crippen LogP contribution in [-0.4, -0.2) is 62.2 Å². The van der Waals surface area contributed by atoms with Crippen LogP contribution in [0.2, 0.25) is 0 Å². The fourth-order valence-electron chi connectivity index (χ4n) is 2.61. The van der Waals surface area contributed by atoms with Crippen LogP contribution in [0, 0.1) is 5.41 Å². The highest BCUT2D eigenvalue weighted by molar-refractivity contribution is 6.06. The molecule has 0 aliphatic heterocycles. The molecule has 0 aromatic carbocycles. The summed E-state index contributed by atoms with van der Waals surface area (Å²) >= 11 is 0. The van der Waals surface area contributed by atoms with E-state index in [0.29, 0.717) is 32.6 Å². The van der Waals surface area contributed by atoms with Gasteiger partial charge < -0.3 is 25.9 Å². The smallest absolute Gasteiger partial charge is 0.234 e. The first-order valence-corrected chi connectivity index (χ1v) is 7.52. The number of nitrogens with one attached hydrogen (secondary N) is 1. The summed E-state index contributed by atoms with van der Waals surface area (Å²) in [6.07, 6.45) is 4.19. The second kappa shape index (κ2) is 8.84. The van der Waals surface area contributed by atoms with Gasteiger partial charge >= 0.3 is 0 Å². The standard InChI is InChI=1S/C14H28N4O3/c1-18(2)9-11-21-10-8-16-13(19)14(12(15)17-20)6-4-3-5-7-14/h20H,3-11H2,1-2H3,(H2,15,17)(H,16,19). The van der Waals surface area contributed by atoms with Crippen molar-refractivity contribution in [1.82, 2.24) is 10.2 Å². The number of ether oxygens (including phenoxy) is 1. The third-order valence-electron chi connectivity index (χ3n) is 3.95. The highest BCUT2D eigenvalue weighted by Gasteiger charge is 2.43. The third kappa shape index (κ3) is 5.17. The Hall–Kier alpha value is -1.34. The van der Waals surface area contributed by atoms with E-state index in [1.807, 2.05) is 19.0 Å². The zero-order valence-electron chi connectivity index (χ0n) is 13.1. The molecule has 21 heavy (non-hydrogen) atoms. The van der Waals surface area contributed by atoms with E-state index in [4.69, 9.17) is 15.7 Å². The number of amidine groups is 1. The normalized spacial score (nSPS) is 18.7. The van der Waals surface area contributed by atoms with Crippen molar-refractivity contribution < 1.29 is 14.7 Å². The number of hydrogen-bond donors (Lipinski definition) is 3. The van der Waals surface area contributed by atoms with Gasteiger partial charge in [-0.1, -0.05) is 24.4 Å². The van der Waals surface area contributed by atoms with Gasteiger partial charge in [0.25, 0.3) is 0 Å². The summed E-state index contributed by atoms with van der Waals surface area (Å²) in [5.74, 6) is -0.137. The summed E-state index contributed by atoms with van der Waals surface area (Å²) in [6.45, 7) is 2.38. The molecule has 0 radical (unpaired) electrons. The highest BCUT2D eigenvalue weighted by atomic mass is 16.5. The molecule has 1 fully saturated rings. The lowest BCUT2D eigenvalue weighted by molar-refractivity contribution is -0.129. The maximum absolute atomic E-state index is 12.4. The summed E-state index contributed by atoms with van der Waals surface area (Å²) < 4.78 is 5.43. The zero-order chi connectivity index (χ0) is 15.7. The number of likely N-dealkylation sites (N-methyl/N-ethyl adjacent to an activating group) is 1. The quantitative estimate of drug-likeness (QED) is 0.198. The minimum atomic E-state index is -0.851. The molecule has 0 bridgehead atoms. The van der Waals surface area contributed by atoms with Crippen LogP contribution in [-0.2, 0) is 9.53 Å². The van der Waals surface area contributed by atoms with Gasteiger partial charge in [0.2, 0.25) is 5.91 Å². The van der Waals surface area contributed by atoms with Crippen molar-refractivity contribution in [1.29, 1.82) is 0 Å². The SMILES string of the molecule is CN(C)CCOCCNC(=O)C1(C(N)=NO)CCCCC1. The number of nitrogens with two attached hydrogens (primary N) is 1. The topological polar surface area (TPSA) is 100 Å². The van der Waals surface area contributed by atoms with Gasteiger partial charge in [-0.2, -0.15) is 0 Å². The molecule has 0 aromatic heterocycles. The molecule has 0 unspecified atom stereocenters. The van der Waals surface area contributed by atoms with Crippen LogP contribution in [0.1, 0.15) is 32.1 Å². The molecule has 0 aromatic rings. The van der Waals surface area contributed by atoms with Crippen LogP contribution >= 0.6 is 0 Å². The minimum Gasteiger partial charge on any atom is -0.409 e. The van der Waals surface area contributed by atoms with Gasteiger partial charge in [0.1, 0.15) is 5.41 Å². The fraction of sp³-hybridized carbons (Fsp3) is 0.857. The van der Waals surface area contributed by atoms with Crippen molar-refractivity contribution in [3.63, 3.8) is 0 Å². The molecule has 122 valence electrons. The number of amides is 1. The first-order valence-electron chi connectivity index (χ1n) is 7.52. The van der Waals surface area contributed by atoms with E-state index < -0.39 is 5.41 Å². The Morgan fingerprint density at radius 2 is 2.00 bits per heavy atom. The van der Waals surface area contributed by atoms with Gasteiger partial charge in [-0.05, 0) is 26.9 Å². The van der Waals surface area contributed by atoms with Gasteiger partial charge in [0, 0.05) is 13.1 Å². The number of carbonyl (C=O) groups excluding carboxylic acids is 1. The number of rotatable bonds is 8. The van der Waals surface area contributed by atoms with Gasteiger partial charge in [-0.15, -0.1) is 0 Å². The Labute approximate surface area is 126 Å². The van der Waals surface area contributed by atoms with E-state index in [9.17, 15) is 4.79 Å². The largest absolute Gasteiger partial charge is 0.409 e. The second-order valence-corrected chi connectivity index (χ2v) is 5.80. The van der Waals surface area contributed by atoms with Crippen LogP contribution in [0.5, 0.6) is 0 Å². The summed E-state index contributed by atoms with van der Waals surface area (Å²) in [5, 5.41) is 14.9. The number of nitrogens with zero attached hydrogens (tertiary/aromatic N) is 2. The summed E-state index contributed by atoms with van der Waals surface area (Å²) in [6, 6.07) is 0. The molecule has 4 N–H and O–H groups in total. The molecule has 1 aliphatic carbocycles. The Bertz CT molecular complexity index is 352. The van der Waals surface area contributed by atoms with Gasteiger partial charge in [0.05, 0.1) is 13.2 Å². The lowest BCUT2D eigenvalue weighted by Gasteiger charge is -2.34. The summed E-state index contributed by atoms with van der Waals surface area (Å²) in [7, 11) is 3.96. The molecule has 0 atom stereocenters. The van der Waals surface area contributed by atoms with E-state index in [1.165, 1.54) is 0 Å². The highest BCUT2D eigenvalue weighted by Crippen LogP contribution is 2.36. The zero-order valence-corrected chi connectivity index (χ0v) is 13.1. The van der Waals surface area contributed by atoms with E-state index in [2.05, 4.69) is 10.5 Å². The molecular weight excluding hydrogens is 272 g/mol. The van der Waals surface area contributed by atoms with Crippen molar-refractivity contribution in [2.24, 2.45) is 16.3 Å². The van der Waals surface area contributed by atoms with Crippen molar-refractivity contribution in [2.45, 2.75) is 32.1 Å². The van der Waals surface area contributed by atoms with E-state index in [1.54, 1.807) is 0 Å². The maximum Gasteiger partial charge on any atom is 0.234 e. The Morgan fingerprint density at radius 3 is 2.57 bits per heavy atom. The third-order valence-corrected chi connectivity index (χ3v) is 3.95. The monoisotopic (exact) mass is 300 g/mol. The van der Waals surface area contributed by atoms with Crippen LogP contribution in [0.15, 0.2) is 5.16 Å². The van der Waals surface area contributed by atoms with E-state index in [-0.39, 0.29) is 11.7 Å². The maximum atomic E-state index is 12.4. The molecular formula is C14H28N4O3. The molecule has 1 aliphatic rings. The van der Waals surface area contributed by atoms with Crippen molar-refractivity contribution in [3.8, 4) is 0 Å². The average molecular weight is 300 g/mol. The average Bonchev–Trinajstić information content (AvgIpc) is 2.49. The molecule has 7 heteroatoms. The first-order chi connectivity index (χ1) is 10.0. The Morgan fingerprint density at radius 1 is 1.33 bits per heavy atom. The second-order valence-electron chi connectivity index (χ2n) is 5.80. The molecule has 0 heterocycles. The lowest BCUT2D eigenvalue weighted by atomic mass is 9.72. The molecule has 1 amide bonds. The van der Waals surface area contributed by atoms with Crippen LogP contribution in [0.3, 0.4) is 0 Å². The number of carbonyl (C=O) groups is 1. The van der Waals surface area contributed by atoms with Gasteiger partial charge in [0.15, 0.2) is 5.84 Å². The lowest BCUT2D eigenvalue weighted by Crippen LogP contribution is -2.51. The van der Waals surface area contributed by atoms with Crippen LogP contribution in [0.25, 0.3) is 0 Å². The van der Waals surface area contributed by atoms with E-state index in [0.717, 1.165) is 25.8 Å². The number of hydrogen-bond acceptors (Lipinski definition) is 5. The molecule has 0 spiro atoms. The predicted molar refractivity (Wildman–Crippen MR) is 81.3 cm³/mol. The molecule has 7 nitrogen and oxygen atoms in total. The van der Waals surface area contributed by atoms with Crippen LogP contribution < -0.4 is 11.1 Å². The first kappa shape index (κ1) is 17.7. The van der Waals surface area contributed by atoms with Crippen molar-refractivity contribution in [3.05, 3.63) is 0 Å². The van der Waals surface area contributed by atoms with Gasteiger partial charge in [-0.25, -0.2) is 0 Å². The molecule has 1 saturated carbocycles. The Kier molecular flexibility index (Phi) is 7.45. The van der Waals surface area contributed by atoms with Crippen molar-refractivity contribution >= 4 is 11.7 Å². The summed E-state index contributed by atoms with van der Waals surface area (Å²) in [4.78, 5) is 14.5. The van der Waals surface area contributed by atoms with Crippen molar-refractivity contribution in [2.75, 3.05) is 40.4 Å². The summed E-state index contributed by atoms with van der Waals surface area (Å²) in [5.41, 5.74) is 4.92. The minimum absolute atomic E-state index is 0.0215. The number of oxime groups is 1. The Balaban J connectivity index is 2.40. The molecule has 0 saturated heterocycles. The van der Waals surface area contributed by atoms with Gasteiger partial charge in [-0.3, -0.25) is 4.79 Å². The predicted octanol–water partition coefficient (Wildman–Crippen LogP) is 0.378. The molecule has 1 rings (SSSR count). The van der Waals surface area contributed by atoms with E-state index >= 15 is 0 Å². The fourth-order valence-corrected chi connectivity index (χ4v) is 2.61. The van der Waals surface area contributed by atoms with Crippen LogP contribution in [0.4, 0.5) is 0 Å².